The molecule has 162 valence electrons. The minimum absolute atomic E-state index is 0.439. The zero-order valence-corrected chi connectivity index (χ0v) is 18.9. The van der Waals surface area contributed by atoms with Crippen LogP contribution in [-0.2, 0) is 6.54 Å². The fourth-order valence-corrected chi connectivity index (χ4v) is 4.12. The van der Waals surface area contributed by atoms with Gasteiger partial charge in [0.1, 0.15) is 12.1 Å². The van der Waals surface area contributed by atoms with Crippen LogP contribution in [0.4, 0.5) is 5.82 Å². The van der Waals surface area contributed by atoms with E-state index in [4.69, 9.17) is 4.98 Å². The van der Waals surface area contributed by atoms with E-state index in [1.165, 1.54) is 11.1 Å². The average Bonchev–Trinajstić information content (AvgIpc) is 3.03. The molecule has 1 aliphatic carbocycles. The summed E-state index contributed by atoms with van der Waals surface area (Å²) in [4.78, 5) is 13.7. The molecular weight excluding hydrogens is 404 g/mol. The zero-order valence-electron chi connectivity index (χ0n) is 18.9. The Morgan fingerprint density at radius 1 is 0.909 bits per heavy atom. The third-order valence-corrected chi connectivity index (χ3v) is 5.81. The van der Waals surface area contributed by atoms with Gasteiger partial charge < -0.3 is 5.32 Å². The van der Waals surface area contributed by atoms with Crippen molar-refractivity contribution in [1.82, 2.24) is 15.0 Å². The van der Waals surface area contributed by atoms with Crippen LogP contribution in [0.1, 0.15) is 25.1 Å². The second kappa shape index (κ2) is 9.21. The van der Waals surface area contributed by atoms with Gasteiger partial charge in [0.15, 0.2) is 0 Å². The number of hydrogen-bond donors (Lipinski definition) is 1. The van der Waals surface area contributed by atoms with Crippen LogP contribution in [0.15, 0.2) is 103 Å². The van der Waals surface area contributed by atoms with E-state index in [1.807, 2.05) is 24.4 Å². The topological polar surface area (TPSA) is 50.7 Å². The summed E-state index contributed by atoms with van der Waals surface area (Å²) in [5.41, 5.74) is 7.74. The highest BCUT2D eigenvalue weighted by Gasteiger charge is 2.08. The summed E-state index contributed by atoms with van der Waals surface area (Å²) in [6.07, 6.45) is 12.4. The van der Waals surface area contributed by atoms with Crippen LogP contribution in [0.2, 0.25) is 0 Å². The summed E-state index contributed by atoms with van der Waals surface area (Å²) < 4.78 is 0. The standard InChI is InChI=1S/C29H26N4/c1-20-8-10-25(15-21(2)14-20)27-13-9-22(17-30-27)18-31-29-26-12-11-24(16-28(26)32-19-33-29)23-6-4-3-5-7-23/h3-17,19-20H,18H2,1-2H3,(H,31,32,33). The molecule has 0 radical (unpaired) electrons. The molecule has 0 fully saturated rings. The predicted molar refractivity (Wildman–Crippen MR) is 137 cm³/mol. The molecule has 33 heavy (non-hydrogen) atoms. The summed E-state index contributed by atoms with van der Waals surface area (Å²) >= 11 is 0. The maximum atomic E-state index is 4.70. The minimum Gasteiger partial charge on any atom is -0.365 e. The van der Waals surface area contributed by atoms with Crippen molar-refractivity contribution < 1.29 is 0 Å². The molecule has 1 N–H and O–H groups in total. The van der Waals surface area contributed by atoms with Gasteiger partial charge in [-0.2, -0.15) is 0 Å². The maximum Gasteiger partial charge on any atom is 0.137 e. The Hall–Kier alpha value is -4.05. The molecule has 1 aliphatic rings. The van der Waals surface area contributed by atoms with Gasteiger partial charge >= 0.3 is 0 Å². The molecule has 0 spiro atoms. The van der Waals surface area contributed by atoms with Gasteiger partial charge in [-0.25, -0.2) is 9.97 Å². The molecule has 0 saturated carbocycles. The van der Waals surface area contributed by atoms with Gasteiger partial charge in [-0.3, -0.25) is 4.98 Å². The van der Waals surface area contributed by atoms with Gasteiger partial charge in [-0.05, 0) is 47.7 Å². The number of fused-ring (bicyclic) bond motifs is 1. The number of pyridine rings is 1. The van der Waals surface area contributed by atoms with E-state index in [0.717, 1.165) is 39.1 Å². The molecule has 0 saturated heterocycles. The second-order valence-electron chi connectivity index (χ2n) is 8.45. The van der Waals surface area contributed by atoms with E-state index in [2.05, 4.69) is 95.9 Å². The Labute approximate surface area is 194 Å². The Morgan fingerprint density at radius 3 is 2.61 bits per heavy atom. The highest BCUT2D eigenvalue weighted by molar-refractivity contribution is 5.91. The van der Waals surface area contributed by atoms with Crippen molar-refractivity contribution in [3.05, 3.63) is 114 Å². The van der Waals surface area contributed by atoms with Crippen LogP contribution in [0, 0.1) is 5.92 Å². The van der Waals surface area contributed by atoms with E-state index in [1.54, 1.807) is 6.33 Å². The van der Waals surface area contributed by atoms with Crippen LogP contribution < -0.4 is 5.32 Å². The Balaban J connectivity index is 1.33. The minimum atomic E-state index is 0.439. The number of aromatic nitrogens is 3. The van der Waals surface area contributed by atoms with Crippen LogP contribution in [0.5, 0.6) is 0 Å². The first-order valence-electron chi connectivity index (χ1n) is 11.2. The third-order valence-electron chi connectivity index (χ3n) is 5.81. The van der Waals surface area contributed by atoms with Crippen molar-refractivity contribution in [3.63, 3.8) is 0 Å². The molecule has 2 aromatic heterocycles. The normalized spacial score (nSPS) is 15.6. The molecule has 0 amide bonds. The molecular formula is C29H26N4. The molecule has 2 heterocycles. The molecule has 4 nitrogen and oxygen atoms in total. The fraction of sp³-hybridized carbons (Fsp3) is 0.138. The second-order valence-corrected chi connectivity index (χ2v) is 8.45. The molecule has 5 rings (SSSR count). The van der Waals surface area contributed by atoms with Gasteiger partial charge in [0.2, 0.25) is 0 Å². The lowest BCUT2D eigenvalue weighted by Gasteiger charge is -2.10. The Bertz CT molecular complexity index is 1370. The lowest BCUT2D eigenvalue weighted by Crippen LogP contribution is -2.03. The van der Waals surface area contributed by atoms with Gasteiger partial charge in [-0.1, -0.05) is 79.3 Å². The maximum absolute atomic E-state index is 4.70. The molecule has 1 atom stereocenters. The highest BCUT2D eigenvalue weighted by atomic mass is 15.0. The van der Waals surface area contributed by atoms with Crippen LogP contribution in [0.3, 0.4) is 0 Å². The van der Waals surface area contributed by atoms with Gasteiger partial charge in [-0.15, -0.1) is 0 Å². The molecule has 4 heteroatoms. The van der Waals surface area contributed by atoms with Crippen molar-refractivity contribution in [3.8, 4) is 11.1 Å². The molecule has 4 aromatic rings. The largest absolute Gasteiger partial charge is 0.365 e. The van der Waals surface area contributed by atoms with E-state index >= 15 is 0 Å². The smallest absolute Gasteiger partial charge is 0.137 e. The Morgan fingerprint density at radius 2 is 1.79 bits per heavy atom. The van der Waals surface area contributed by atoms with E-state index < -0.39 is 0 Å². The van der Waals surface area contributed by atoms with Crippen LogP contribution in [0.25, 0.3) is 27.6 Å². The van der Waals surface area contributed by atoms with Crippen LogP contribution in [-0.4, -0.2) is 15.0 Å². The fourth-order valence-electron chi connectivity index (χ4n) is 4.12. The van der Waals surface area contributed by atoms with Crippen molar-refractivity contribution in [2.45, 2.75) is 20.4 Å². The zero-order chi connectivity index (χ0) is 22.6. The third kappa shape index (κ3) is 4.75. The van der Waals surface area contributed by atoms with Crippen molar-refractivity contribution in [2.75, 3.05) is 5.32 Å². The SMILES string of the molecule is CC1=CC(C)C=CC(c2ccc(CNc3ncnc4cc(-c5ccccc5)ccc34)cn2)=C1. The van der Waals surface area contributed by atoms with Crippen LogP contribution >= 0.6 is 0 Å². The summed E-state index contributed by atoms with van der Waals surface area (Å²) in [7, 11) is 0. The highest BCUT2D eigenvalue weighted by Crippen LogP contribution is 2.27. The lowest BCUT2D eigenvalue weighted by atomic mass is 10.0. The Kier molecular flexibility index (Phi) is 5.81. The average molecular weight is 431 g/mol. The number of anilines is 1. The van der Waals surface area contributed by atoms with E-state index in [0.29, 0.717) is 12.5 Å². The van der Waals surface area contributed by atoms with Gasteiger partial charge in [0.05, 0.1) is 11.2 Å². The van der Waals surface area contributed by atoms with Crippen molar-refractivity contribution in [1.29, 1.82) is 0 Å². The molecule has 0 bridgehead atoms. The number of nitrogens with one attached hydrogen (secondary N) is 1. The summed E-state index contributed by atoms with van der Waals surface area (Å²) in [6.45, 7) is 4.97. The summed E-state index contributed by atoms with van der Waals surface area (Å²) in [5.74, 6) is 1.27. The lowest BCUT2D eigenvalue weighted by molar-refractivity contribution is 0.934. The summed E-state index contributed by atoms with van der Waals surface area (Å²) in [5, 5.41) is 4.46. The molecule has 0 aliphatic heterocycles. The first-order chi connectivity index (χ1) is 16.2. The first kappa shape index (κ1) is 20.8. The number of nitrogens with zero attached hydrogens (tertiary/aromatic N) is 3. The van der Waals surface area contributed by atoms with Gasteiger partial charge in [0, 0.05) is 23.7 Å². The predicted octanol–water partition coefficient (Wildman–Crippen LogP) is 6.84. The van der Waals surface area contributed by atoms with E-state index in [-0.39, 0.29) is 0 Å². The van der Waals surface area contributed by atoms with E-state index in [9.17, 15) is 0 Å². The van der Waals surface area contributed by atoms with Crippen molar-refractivity contribution in [2.24, 2.45) is 5.92 Å². The van der Waals surface area contributed by atoms with Crippen molar-refractivity contribution >= 4 is 22.3 Å². The number of hydrogen-bond acceptors (Lipinski definition) is 4. The quantitative estimate of drug-likeness (QED) is 0.377. The molecule has 2 aromatic carbocycles. The number of benzene rings is 2. The number of allylic oxidation sites excluding steroid dienone is 6. The first-order valence-corrected chi connectivity index (χ1v) is 11.2. The molecule has 1 unspecified atom stereocenters. The monoisotopic (exact) mass is 430 g/mol. The number of rotatable bonds is 5. The van der Waals surface area contributed by atoms with Gasteiger partial charge in [0.25, 0.3) is 0 Å². The summed E-state index contributed by atoms with van der Waals surface area (Å²) in [6, 6.07) is 20.9.